The van der Waals surface area contributed by atoms with Crippen molar-refractivity contribution in [3.63, 3.8) is 0 Å². The van der Waals surface area contributed by atoms with Crippen molar-refractivity contribution in [1.82, 2.24) is 16.0 Å². The molecule has 0 saturated heterocycles. The third-order valence-electron chi connectivity index (χ3n) is 6.88. The van der Waals surface area contributed by atoms with E-state index < -0.39 is 0 Å². The Morgan fingerprint density at radius 3 is 2.44 bits per heavy atom. The SMILES string of the molecule is CC(=O)NCCNC(=O)c1ccc(C2CCCC(N[C@H](C)c3cccc4ccccc34)C2)cc1. The molecule has 1 saturated carbocycles. The fourth-order valence-electron chi connectivity index (χ4n) is 5.14. The van der Waals surface area contributed by atoms with Crippen LogP contribution in [0.1, 0.15) is 73.0 Å². The molecule has 2 unspecified atom stereocenters. The molecule has 0 spiro atoms. The molecule has 0 heterocycles. The minimum atomic E-state index is -0.107. The normalized spacial score (nSPS) is 18.9. The van der Waals surface area contributed by atoms with Crippen molar-refractivity contribution in [3.8, 4) is 0 Å². The van der Waals surface area contributed by atoms with Crippen LogP contribution < -0.4 is 16.0 Å². The Hall–Kier alpha value is -3.18. The second-order valence-electron chi connectivity index (χ2n) is 9.38. The number of fused-ring (bicyclic) bond motifs is 1. The molecule has 0 aliphatic heterocycles. The number of rotatable bonds is 8. The minimum absolute atomic E-state index is 0.0922. The van der Waals surface area contributed by atoms with Gasteiger partial charge < -0.3 is 16.0 Å². The highest BCUT2D eigenvalue weighted by molar-refractivity contribution is 5.94. The van der Waals surface area contributed by atoms with Gasteiger partial charge in [-0.25, -0.2) is 0 Å². The second-order valence-corrected chi connectivity index (χ2v) is 9.38. The van der Waals surface area contributed by atoms with Crippen LogP contribution in [-0.2, 0) is 4.79 Å². The Morgan fingerprint density at radius 2 is 1.65 bits per heavy atom. The molecule has 5 nitrogen and oxygen atoms in total. The monoisotopic (exact) mass is 457 g/mol. The van der Waals surface area contributed by atoms with E-state index in [0.29, 0.717) is 36.7 Å². The lowest BCUT2D eigenvalue weighted by Gasteiger charge is -2.32. The number of benzene rings is 3. The van der Waals surface area contributed by atoms with Crippen LogP contribution in [0.2, 0.25) is 0 Å². The van der Waals surface area contributed by atoms with Crippen LogP contribution in [0, 0.1) is 0 Å². The number of hydrogen-bond acceptors (Lipinski definition) is 3. The third-order valence-corrected chi connectivity index (χ3v) is 6.88. The molecule has 34 heavy (non-hydrogen) atoms. The van der Waals surface area contributed by atoms with Crippen molar-refractivity contribution in [2.45, 2.75) is 57.5 Å². The zero-order chi connectivity index (χ0) is 23.9. The fourth-order valence-corrected chi connectivity index (χ4v) is 5.14. The lowest BCUT2D eigenvalue weighted by molar-refractivity contribution is -0.118. The van der Waals surface area contributed by atoms with Crippen molar-refractivity contribution in [3.05, 3.63) is 83.4 Å². The Kier molecular flexibility index (Phi) is 7.96. The van der Waals surface area contributed by atoms with Gasteiger partial charge in [-0.2, -0.15) is 0 Å². The van der Waals surface area contributed by atoms with E-state index in [4.69, 9.17) is 0 Å². The lowest BCUT2D eigenvalue weighted by Crippen LogP contribution is -2.35. The van der Waals surface area contributed by atoms with Gasteiger partial charge in [0.25, 0.3) is 5.91 Å². The first-order chi connectivity index (χ1) is 16.5. The van der Waals surface area contributed by atoms with Crippen molar-refractivity contribution in [2.24, 2.45) is 0 Å². The van der Waals surface area contributed by atoms with Gasteiger partial charge in [-0.05, 0) is 66.1 Å². The summed E-state index contributed by atoms with van der Waals surface area (Å²) in [5, 5.41) is 12.0. The molecular weight excluding hydrogens is 422 g/mol. The Labute approximate surface area is 202 Å². The topological polar surface area (TPSA) is 70.2 Å². The van der Waals surface area contributed by atoms with Crippen LogP contribution in [0.4, 0.5) is 0 Å². The van der Waals surface area contributed by atoms with Gasteiger partial charge in [-0.3, -0.25) is 9.59 Å². The highest BCUT2D eigenvalue weighted by Crippen LogP contribution is 2.34. The quantitative estimate of drug-likeness (QED) is 0.413. The molecular formula is C29H35N3O2. The van der Waals surface area contributed by atoms with Crippen molar-refractivity contribution >= 4 is 22.6 Å². The molecule has 3 aromatic carbocycles. The summed E-state index contributed by atoms with van der Waals surface area (Å²) in [6.45, 7) is 4.60. The predicted molar refractivity (Wildman–Crippen MR) is 138 cm³/mol. The van der Waals surface area contributed by atoms with Gasteiger partial charge in [0.2, 0.25) is 5.91 Å². The predicted octanol–water partition coefficient (Wildman–Crippen LogP) is 5.08. The van der Waals surface area contributed by atoms with Crippen molar-refractivity contribution in [2.75, 3.05) is 13.1 Å². The summed E-state index contributed by atoms with van der Waals surface area (Å²) in [6, 6.07) is 24.0. The van der Waals surface area contributed by atoms with Crippen LogP contribution in [0.5, 0.6) is 0 Å². The number of nitrogens with one attached hydrogen (secondary N) is 3. The van der Waals surface area contributed by atoms with Gasteiger partial charge in [0.1, 0.15) is 0 Å². The number of hydrogen-bond donors (Lipinski definition) is 3. The maximum Gasteiger partial charge on any atom is 0.251 e. The molecule has 5 heteroatoms. The van der Waals surface area contributed by atoms with E-state index in [1.165, 1.54) is 48.1 Å². The molecule has 3 atom stereocenters. The molecule has 178 valence electrons. The number of amides is 2. The molecule has 3 aromatic rings. The summed E-state index contributed by atoms with van der Waals surface area (Å²) < 4.78 is 0. The summed E-state index contributed by atoms with van der Waals surface area (Å²) in [7, 11) is 0. The van der Waals surface area contributed by atoms with Crippen LogP contribution >= 0.6 is 0 Å². The van der Waals surface area contributed by atoms with Crippen LogP contribution in [-0.4, -0.2) is 30.9 Å². The fraction of sp³-hybridized carbons (Fsp3) is 0.379. The van der Waals surface area contributed by atoms with E-state index in [1.54, 1.807) is 0 Å². The largest absolute Gasteiger partial charge is 0.355 e. The molecule has 0 aromatic heterocycles. The molecule has 1 aliphatic carbocycles. The Balaban J connectivity index is 1.34. The maximum atomic E-state index is 12.3. The molecule has 0 radical (unpaired) electrons. The van der Waals surface area contributed by atoms with Gasteiger partial charge in [0, 0.05) is 37.7 Å². The van der Waals surface area contributed by atoms with Crippen molar-refractivity contribution in [1.29, 1.82) is 0 Å². The van der Waals surface area contributed by atoms with E-state index in [-0.39, 0.29) is 11.8 Å². The van der Waals surface area contributed by atoms with E-state index in [1.807, 2.05) is 12.1 Å². The maximum absolute atomic E-state index is 12.3. The minimum Gasteiger partial charge on any atom is -0.355 e. The molecule has 4 rings (SSSR count). The second kappa shape index (κ2) is 11.3. The lowest BCUT2D eigenvalue weighted by atomic mass is 9.80. The summed E-state index contributed by atoms with van der Waals surface area (Å²) in [5.74, 6) is 0.303. The zero-order valence-electron chi connectivity index (χ0n) is 20.1. The van der Waals surface area contributed by atoms with E-state index in [0.717, 1.165) is 6.42 Å². The number of carbonyl (C=O) groups excluding carboxylic acids is 2. The third kappa shape index (κ3) is 6.03. The Bertz CT molecular complexity index is 1120. The van der Waals surface area contributed by atoms with Crippen LogP contribution in [0.15, 0.2) is 66.7 Å². The average molecular weight is 458 g/mol. The smallest absolute Gasteiger partial charge is 0.251 e. The molecule has 3 N–H and O–H groups in total. The standard InChI is InChI=1S/C29H35N3O2/c1-20(27-12-6-8-23-7-3-4-11-28(23)27)32-26-10-5-9-25(19-26)22-13-15-24(16-14-22)29(34)31-18-17-30-21(2)33/h3-4,6-8,11-16,20,25-26,32H,5,9-10,17-19H2,1-2H3,(H,30,33)(H,31,34)/t20-,25?,26?/m1/s1. The first kappa shape index (κ1) is 24.0. The van der Waals surface area contributed by atoms with Crippen LogP contribution in [0.25, 0.3) is 10.8 Å². The molecule has 1 fully saturated rings. The summed E-state index contributed by atoms with van der Waals surface area (Å²) in [5.41, 5.74) is 3.31. The first-order valence-electron chi connectivity index (χ1n) is 12.4. The summed E-state index contributed by atoms with van der Waals surface area (Å²) in [4.78, 5) is 23.3. The Morgan fingerprint density at radius 1 is 0.912 bits per heavy atom. The summed E-state index contributed by atoms with van der Waals surface area (Å²) >= 11 is 0. The zero-order valence-corrected chi connectivity index (χ0v) is 20.1. The van der Waals surface area contributed by atoms with Gasteiger partial charge in [0.05, 0.1) is 0 Å². The van der Waals surface area contributed by atoms with E-state index >= 15 is 0 Å². The molecule has 1 aliphatic rings. The average Bonchev–Trinajstić information content (AvgIpc) is 2.86. The first-order valence-corrected chi connectivity index (χ1v) is 12.4. The summed E-state index contributed by atoms with van der Waals surface area (Å²) in [6.07, 6.45) is 4.69. The molecule has 0 bridgehead atoms. The highest BCUT2D eigenvalue weighted by atomic mass is 16.2. The van der Waals surface area contributed by atoms with Crippen molar-refractivity contribution < 1.29 is 9.59 Å². The molecule has 2 amide bonds. The van der Waals surface area contributed by atoms with Gasteiger partial charge in [-0.15, -0.1) is 0 Å². The van der Waals surface area contributed by atoms with E-state index in [2.05, 4.69) is 77.5 Å². The van der Waals surface area contributed by atoms with Crippen LogP contribution in [0.3, 0.4) is 0 Å². The number of carbonyl (C=O) groups is 2. The van der Waals surface area contributed by atoms with Gasteiger partial charge >= 0.3 is 0 Å². The van der Waals surface area contributed by atoms with E-state index in [9.17, 15) is 9.59 Å². The highest BCUT2D eigenvalue weighted by Gasteiger charge is 2.25. The van der Waals surface area contributed by atoms with Gasteiger partial charge in [0.15, 0.2) is 0 Å². The van der Waals surface area contributed by atoms with Gasteiger partial charge in [-0.1, -0.05) is 61.0 Å².